The molecule has 0 unspecified atom stereocenters. The molecule has 0 radical (unpaired) electrons. The van der Waals surface area contributed by atoms with Crippen LogP contribution in [0, 0.1) is 34.6 Å². The number of anilines is 1. The summed E-state index contributed by atoms with van der Waals surface area (Å²) in [7, 11) is 0. The molecule has 0 fully saturated rings. The number of carbonyl (C=O) groups excluding carboxylic acids is 2. The van der Waals surface area contributed by atoms with Crippen LogP contribution in [-0.2, 0) is 17.9 Å². The number of hydrogen-bond acceptors (Lipinski definition) is 6. The van der Waals surface area contributed by atoms with Gasteiger partial charge in [-0.1, -0.05) is 6.07 Å². The lowest BCUT2D eigenvalue weighted by molar-refractivity contribution is -0.121. The fourth-order valence-electron chi connectivity index (χ4n) is 3.88. The second-order valence-corrected chi connectivity index (χ2v) is 8.56. The molecule has 3 heterocycles. The molecule has 0 saturated heterocycles. The third-order valence-corrected chi connectivity index (χ3v) is 5.65. The van der Waals surface area contributed by atoms with Crippen LogP contribution in [-0.4, -0.2) is 26.6 Å². The zero-order chi connectivity index (χ0) is 25.1. The standard InChI is InChI=1S/C26H29N5O4/c1-15-11-16(2)31(30-15)10-9-24(32)27-14-23-19(5)35-26(29-23)20-7-6-8-21(13-20)28-25(33)22-12-17(3)34-18(22)4/h6-8,11-13H,9-10,14H2,1-5H3,(H,27,32)(H,28,33). The average molecular weight is 476 g/mol. The number of hydrogen-bond donors (Lipinski definition) is 2. The van der Waals surface area contributed by atoms with E-state index in [-0.39, 0.29) is 18.4 Å². The Labute approximate surface area is 203 Å². The zero-order valence-electron chi connectivity index (χ0n) is 20.6. The maximum atomic E-state index is 12.6. The van der Waals surface area contributed by atoms with Crippen LogP contribution in [0.2, 0.25) is 0 Å². The van der Waals surface area contributed by atoms with Gasteiger partial charge in [0.2, 0.25) is 11.8 Å². The monoisotopic (exact) mass is 475 g/mol. The third-order valence-electron chi connectivity index (χ3n) is 5.65. The van der Waals surface area contributed by atoms with Crippen LogP contribution in [0.25, 0.3) is 11.5 Å². The van der Waals surface area contributed by atoms with Crippen LogP contribution >= 0.6 is 0 Å². The number of furan rings is 1. The quantitative estimate of drug-likeness (QED) is 0.384. The summed E-state index contributed by atoms with van der Waals surface area (Å²) in [5, 5.41) is 10.2. The highest BCUT2D eigenvalue weighted by molar-refractivity contribution is 6.05. The lowest BCUT2D eigenvalue weighted by atomic mass is 10.2. The van der Waals surface area contributed by atoms with Crippen molar-refractivity contribution in [2.45, 2.75) is 54.1 Å². The summed E-state index contributed by atoms with van der Waals surface area (Å²) >= 11 is 0. The molecule has 0 spiro atoms. The van der Waals surface area contributed by atoms with E-state index in [2.05, 4.69) is 20.7 Å². The molecule has 182 valence electrons. The van der Waals surface area contributed by atoms with Crippen LogP contribution in [0.5, 0.6) is 0 Å². The Morgan fingerprint density at radius 2 is 1.80 bits per heavy atom. The first-order valence-electron chi connectivity index (χ1n) is 11.4. The van der Waals surface area contributed by atoms with Gasteiger partial charge in [0.05, 0.1) is 17.8 Å². The molecule has 0 saturated carbocycles. The minimum Gasteiger partial charge on any atom is -0.466 e. The summed E-state index contributed by atoms with van der Waals surface area (Å²) < 4.78 is 13.1. The average Bonchev–Trinajstić information content (AvgIpc) is 3.46. The maximum absolute atomic E-state index is 12.6. The van der Waals surface area contributed by atoms with Gasteiger partial charge in [-0.05, 0) is 65.0 Å². The van der Waals surface area contributed by atoms with Gasteiger partial charge >= 0.3 is 0 Å². The number of nitrogens with zero attached hydrogens (tertiary/aromatic N) is 3. The van der Waals surface area contributed by atoms with Gasteiger partial charge in [0.25, 0.3) is 5.91 Å². The lowest BCUT2D eigenvalue weighted by Crippen LogP contribution is -2.24. The van der Waals surface area contributed by atoms with E-state index in [1.54, 1.807) is 32.0 Å². The highest BCUT2D eigenvalue weighted by atomic mass is 16.4. The second-order valence-electron chi connectivity index (χ2n) is 8.56. The lowest BCUT2D eigenvalue weighted by Gasteiger charge is -2.06. The van der Waals surface area contributed by atoms with Crippen LogP contribution in [0.1, 0.15) is 51.1 Å². The van der Waals surface area contributed by atoms with Gasteiger partial charge in [0, 0.05) is 29.9 Å². The Morgan fingerprint density at radius 1 is 1.00 bits per heavy atom. The van der Waals surface area contributed by atoms with Gasteiger partial charge in [-0.2, -0.15) is 5.10 Å². The minimum atomic E-state index is -0.246. The number of aromatic nitrogens is 3. The Bertz CT molecular complexity index is 1380. The van der Waals surface area contributed by atoms with Crippen molar-refractivity contribution in [1.29, 1.82) is 0 Å². The molecule has 35 heavy (non-hydrogen) atoms. The van der Waals surface area contributed by atoms with Gasteiger partial charge in [0.1, 0.15) is 23.0 Å². The van der Waals surface area contributed by atoms with Crippen molar-refractivity contribution < 1.29 is 18.4 Å². The molecule has 0 aliphatic rings. The van der Waals surface area contributed by atoms with E-state index < -0.39 is 0 Å². The summed E-state index contributed by atoms with van der Waals surface area (Å²) in [6.07, 6.45) is 0.323. The van der Waals surface area contributed by atoms with Crippen LogP contribution in [0.3, 0.4) is 0 Å². The van der Waals surface area contributed by atoms with Crippen LogP contribution < -0.4 is 10.6 Å². The Hall–Kier alpha value is -4.14. The van der Waals surface area contributed by atoms with Crippen LogP contribution in [0.15, 0.2) is 45.2 Å². The summed E-state index contributed by atoms with van der Waals surface area (Å²) in [5.41, 5.74) is 4.44. The summed E-state index contributed by atoms with van der Waals surface area (Å²) in [6, 6.07) is 11.0. The van der Waals surface area contributed by atoms with E-state index >= 15 is 0 Å². The molecule has 9 nitrogen and oxygen atoms in total. The zero-order valence-corrected chi connectivity index (χ0v) is 20.6. The first-order valence-corrected chi connectivity index (χ1v) is 11.4. The molecule has 0 atom stereocenters. The number of rotatable bonds is 8. The first kappa shape index (κ1) is 24.0. The second kappa shape index (κ2) is 10.0. The van der Waals surface area contributed by atoms with Crippen molar-refractivity contribution in [1.82, 2.24) is 20.1 Å². The predicted molar refractivity (Wildman–Crippen MR) is 131 cm³/mol. The Morgan fingerprint density at radius 3 is 2.49 bits per heavy atom. The number of benzene rings is 1. The number of nitrogens with one attached hydrogen (secondary N) is 2. The molecular weight excluding hydrogens is 446 g/mol. The van der Waals surface area contributed by atoms with Gasteiger partial charge < -0.3 is 19.5 Å². The molecular formula is C26H29N5O4. The van der Waals surface area contributed by atoms with E-state index in [1.807, 2.05) is 43.7 Å². The van der Waals surface area contributed by atoms with E-state index in [9.17, 15) is 9.59 Å². The molecule has 4 rings (SSSR count). The van der Waals surface area contributed by atoms with Crippen molar-refractivity contribution in [3.8, 4) is 11.5 Å². The normalized spacial score (nSPS) is 11.0. The molecule has 0 bridgehead atoms. The fourth-order valence-corrected chi connectivity index (χ4v) is 3.88. The van der Waals surface area contributed by atoms with Gasteiger partial charge in [-0.15, -0.1) is 0 Å². The van der Waals surface area contributed by atoms with Gasteiger partial charge in [-0.3, -0.25) is 14.3 Å². The molecule has 1 aromatic carbocycles. The van der Waals surface area contributed by atoms with E-state index in [0.717, 1.165) is 11.4 Å². The van der Waals surface area contributed by atoms with Crippen molar-refractivity contribution >= 4 is 17.5 Å². The van der Waals surface area contributed by atoms with E-state index in [4.69, 9.17) is 8.83 Å². The van der Waals surface area contributed by atoms with Crippen molar-refractivity contribution in [2.75, 3.05) is 5.32 Å². The summed E-state index contributed by atoms with van der Waals surface area (Å²) in [5.74, 6) is 1.96. The highest BCUT2D eigenvalue weighted by Gasteiger charge is 2.16. The smallest absolute Gasteiger partial charge is 0.259 e. The predicted octanol–water partition coefficient (Wildman–Crippen LogP) is 4.63. The molecule has 2 N–H and O–H groups in total. The van der Waals surface area contributed by atoms with Gasteiger partial charge in [0.15, 0.2) is 0 Å². The summed E-state index contributed by atoms with van der Waals surface area (Å²) in [4.78, 5) is 29.5. The molecule has 0 aliphatic carbocycles. The fraction of sp³-hybridized carbons (Fsp3) is 0.308. The number of carbonyl (C=O) groups is 2. The van der Waals surface area contributed by atoms with Gasteiger partial charge in [-0.25, -0.2) is 4.98 Å². The molecule has 9 heteroatoms. The number of aryl methyl sites for hydroxylation is 6. The highest BCUT2D eigenvalue weighted by Crippen LogP contribution is 2.25. The molecule has 3 aromatic heterocycles. The first-order chi connectivity index (χ1) is 16.7. The molecule has 4 aromatic rings. The van der Waals surface area contributed by atoms with Crippen molar-refractivity contribution in [3.05, 3.63) is 76.3 Å². The van der Waals surface area contributed by atoms with Crippen LogP contribution in [0.4, 0.5) is 5.69 Å². The van der Waals surface area contributed by atoms with E-state index in [1.165, 1.54) is 0 Å². The molecule has 0 aliphatic heterocycles. The van der Waals surface area contributed by atoms with E-state index in [0.29, 0.717) is 58.6 Å². The largest absolute Gasteiger partial charge is 0.466 e. The molecule has 2 amide bonds. The third kappa shape index (κ3) is 5.68. The van der Waals surface area contributed by atoms with Crippen molar-refractivity contribution in [2.24, 2.45) is 0 Å². The topological polar surface area (TPSA) is 115 Å². The summed E-state index contributed by atoms with van der Waals surface area (Å²) in [6.45, 7) is 10.1. The minimum absolute atomic E-state index is 0.0870. The Balaban J connectivity index is 1.38. The number of oxazole rings is 1. The maximum Gasteiger partial charge on any atom is 0.259 e. The Kier molecular flexibility index (Phi) is 6.86. The SMILES string of the molecule is Cc1cc(C)n(CCC(=O)NCc2nc(-c3cccc(NC(=O)c4cc(C)oc4C)c3)oc2C)n1. The van der Waals surface area contributed by atoms with Crippen molar-refractivity contribution in [3.63, 3.8) is 0 Å². The number of amides is 2.